The number of nitrogens with one attached hydrogen (secondary N) is 1. The summed E-state index contributed by atoms with van der Waals surface area (Å²) in [7, 11) is 1.67. The van der Waals surface area contributed by atoms with Gasteiger partial charge in [-0.25, -0.2) is 24.3 Å². The number of rotatable bonds is 7. The average molecular weight is 490 g/mol. The van der Waals surface area contributed by atoms with Gasteiger partial charge in [-0.05, 0) is 54.8 Å². The minimum absolute atomic E-state index is 0.00172. The first-order valence-corrected chi connectivity index (χ1v) is 11.2. The second-order valence-electron chi connectivity index (χ2n) is 8.02. The van der Waals surface area contributed by atoms with Crippen molar-refractivity contribution in [3.05, 3.63) is 83.5 Å². The van der Waals surface area contributed by atoms with Gasteiger partial charge in [-0.1, -0.05) is 11.6 Å². The van der Waals surface area contributed by atoms with Crippen molar-refractivity contribution in [2.24, 2.45) is 10.7 Å². The molecule has 176 valence electrons. The molecule has 35 heavy (non-hydrogen) atoms. The van der Waals surface area contributed by atoms with E-state index in [0.29, 0.717) is 39.6 Å². The first-order chi connectivity index (χ1) is 17.0. The molecule has 0 unspecified atom stereocenters. The van der Waals surface area contributed by atoms with Crippen LogP contribution in [0.15, 0.2) is 66.3 Å². The zero-order valence-electron chi connectivity index (χ0n) is 18.7. The Labute approximate surface area is 205 Å². The summed E-state index contributed by atoms with van der Waals surface area (Å²) in [6.07, 6.45) is 9.51. The van der Waals surface area contributed by atoms with E-state index >= 15 is 0 Å². The van der Waals surface area contributed by atoms with Crippen molar-refractivity contribution >= 4 is 45.8 Å². The maximum atomic E-state index is 13.7. The van der Waals surface area contributed by atoms with Gasteiger partial charge in [-0.3, -0.25) is 4.99 Å². The fourth-order valence-electron chi connectivity index (χ4n) is 3.79. The molecule has 1 aliphatic rings. The number of hydrogen-bond donors (Lipinski definition) is 2. The van der Waals surface area contributed by atoms with Gasteiger partial charge in [0, 0.05) is 43.1 Å². The molecular weight excluding hydrogens is 469 g/mol. The highest BCUT2D eigenvalue weighted by Gasteiger charge is 2.50. The van der Waals surface area contributed by atoms with E-state index in [0.717, 1.165) is 18.4 Å². The zero-order chi connectivity index (χ0) is 24.4. The SMILES string of the molecule is CN=C/C(=C\N)c1cc(OC2(c3ncccn3)CC2)c2c(Nc3ccc(F)c(Cl)c3)ncnc2c1. The van der Waals surface area contributed by atoms with Crippen molar-refractivity contribution in [1.82, 2.24) is 19.9 Å². The first-order valence-electron chi connectivity index (χ1n) is 10.8. The van der Waals surface area contributed by atoms with Crippen molar-refractivity contribution < 1.29 is 9.13 Å². The number of nitrogens with zero attached hydrogens (tertiary/aromatic N) is 5. The molecular formula is C25H21ClFN7O. The maximum absolute atomic E-state index is 13.7. The lowest BCUT2D eigenvalue weighted by Crippen LogP contribution is -2.19. The Morgan fingerprint density at radius 3 is 2.66 bits per heavy atom. The normalized spacial score (nSPS) is 14.9. The van der Waals surface area contributed by atoms with Crippen LogP contribution in [-0.4, -0.2) is 33.2 Å². The number of fused-ring (bicyclic) bond motifs is 1. The molecule has 0 radical (unpaired) electrons. The Balaban J connectivity index is 1.66. The molecule has 3 N–H and O–H groups in total. The van der Waals surface area contributed by atoms with Crippen LogP contribution in [0.25, 0.3) is 16.5 Å². The lowest BCUT2D eigenvalue weighted by molar-refractivity contribution is 0.173. The van der Waals surface area contributed by atoms with E-state index in [1.54, 1.807) is 37.8 Å². The number of anilines is 2. The molecule has 8 nitrogen and oxygen atoms in total. The molecule has 2 aromatic carbocycles. The first kappa shape index (κ1) is 22.7. The third kappa shape index (κ3) is 4.50. The van der Waals surface area contributed by atoms with Crippen molar-refractivity contribution in [1.29, 1.82) is 0 Å². The average Bonchev–Trinajstić information content (AvgIpc) is 3.66. The fraction of sp³-hybridized carbons (Fsp3) is 0.160. The molecule has 2 heterocycles. The molecule has 1 fully saturated rings. The molecule has 0 bridgehead atoms. The summed E-state index contributed by atoms with van der Waals surface area (Å²) in [6, 6.07) is 9.88. The van der Waals surface area contributed by atoms with Crippen molar-refractivity contribution in [3.8, 4) is 5.75 Å². The Morgan fingerprint density at radius 2 is 1.97 bits per heavy atom. The van der Waals surface area contributed by atoms with Crippen LogP contribution in [-0.2, 0) is 5.60 Å². The van der Waals surface area contributed by atoms with Gasteiger partial charge in [0.15, 0.2) is 11.4 Å². The standard InChI is InChI=1S/C25H21ClFN7O/c1-29-13-16(12-28)15-9-20-22(21(10-15)35-25(5-6-25)24-30-7-2-8-31-24)23(33-14-32-20)34-17-3-4-19(27)18(26)11-17/h2-4,7-14H,5-6,28H2,1H3,(H,32,33,34)/b16-12+,29-13?. The van der Waals surface area contributed by atoms with E-state index in [4.69, 9.17) is 22.1 Å². The molecule has 0 saturated heterocycles. The highest BCUT2D eigenvalue weighted by Crippen LogP contribution is 2.49. The smallest absolute Gasteiger partial charge is 0.172 e. The van der Waals surface area contributed by atoms with Crippen LogP contribution in [0.2, 0.25) is 5.02 Å². The van der Waals surface area contributed by atoms with E-state index in [1.807, 2.05) is 12.1 Å². The molecule has 0 atom stereocenters. The van der Waals surface area contributed by atoms with Gasteiger partial charge in [-0.2, -0.15) is 0 Å². The van der Waals surface area contributed by atoms with Crippen LogP contribution < -0.4 is 15.8 Å². The Hall–Kier alpha value is -4.11. The van der Waals surface area contributed by atoms with E-state index in [1.165, 1.54) is 24.7 Å². The molecule has 4 aromatic rings. The van der Waals surface area contributed by atoms with Crippen LogP contribution in [0.4, 0.5) is 15.9 Å². The van der Waals surface area contributed by atoms with Gasteiger partial charge < -0.3 is 15.8 Å². The third-order valence-corrected chi connectivity index (χ3v) is 5.94. The number of halogens is 2. The second kappa shape index (κ2) is 9.27. The summed E-state index contributed by atoms with van der Waals surface area (Å²) >= 11 is 5.98. The Bertz CT molecular complexity index is 1460. The van der Waals surface area contributed by atoms with Gasteiger partial charge >= 0.3 is 0 Å². The molecule has 2 aromatic heterocycles. The summed E-state index contributed by atoms with van der Waals surface area (Å²) in [6.45, 7) is 0. The summed E-state index contributed by atoms with van der Waals surface area (Å²) in [5.74, 6) is 1.12. The van der Waals surface area contributed by atoms with Gasteiger partial charge in [0.05, 0.1) is 15.9 Å². The number of nitrogens with two attached hydrogens (primary N) is 1. The van der Waals surface area contributed by atoms with Gasteiger partial charge in [0.1, 0.15) is 23.7 Å². The van der Waals surface area contributed by atoms with Crippen molar-refractivity contribution in [2.75, 3.05) is 12.4 Å². The number of allylic oxidation sites excluding steroid dienone is 1. The third-order valence-electron chi connectivity index (χ3n) is 5.65. The lowest BCUT2D eigenvalue weighted by Gasteiger charge is -2.20. The number of ether oxygens (including phenoxy) is 1. The predicted molar refractivity (Wildman–Crippen MR) is 134 cm³/mol. The van der Waals surface area contributed by atoms with Crippen LogP contribution in [0.5, 0.6) is 5.75 Å². The molecule has 0 spiro atoms. The molecule has 10 heteroatoms. The van der Waals surface area contributed by atoms with E-state index in [-0.39, 0.29) is 5.02 Å². The van der Waals surface area contributed by atoms with Crippen LogP contribution >= 0.6 is 11.6 Å². The summed E-state index contributed by atoms with van der Waals surface area (Å²) < 4.78 is 20.3. The van der Waals surface area contributed by atoms with E-state index < -0.39 is 11.4 Å². The maximum Gasteiger partial charge on any atom is 0.172 e. The van der Waals surface area contributed by atoms with Gasteiger partial charge in [-0.15, -0.1) is 0 Å². The van der Waals surface area contributed by atoms with Gasteiger partial charge in [0.25, 0.3) is 0 Å². The van der Waals surface area contributed by atoms with E-state index in [9.17, 15) is 4.39 Å². The Kier molecular flexibility index (Phi) is 6.00. The number of benzene rings is 2. The fourth-order valence-corrected chi connectivity index (χ4v) is 3.97. The predicted octanol–water partition coefficient (Wildman–Crippen LogP) is 5.02. The summed E-state index contributed by atoms with van der Waals surface area (Å²) in [4.78, 5) is 21.8. The monoisotopic (exact) mass is 489 g/mol. The minimum atomic E-state index is -0.648. The highest BCUT2D eigenvalue weighted by molar-refractivity contribution is 6.31. The highest BCUT2D eigenvalue weighted by atomic mass is 35.5. The quantitative estimate of drug-likeness (QED) is 0.350. The summed E-state index contributed by atoms with van der Waals surface area (Å²) in [5.41, 5.74) is 7.90. The second-order valence-corrected chi connectivity index (χ2v) is 8.43. The number of hydrogen-bond acceptors (Lipinski definition) is 8. The lowest BCUT2D eigenvalue weighted by atomic mass is 10.0. The van der Waals surface area contributed by atoms with Crippen LogP contribution in [0, 0.1) is 5.82 Å². The minimum Gasteiger partial charge on any atom is -0.478 e. The molecule has 1 saturated carbocycles. The van der Waals surface area contributed by atoms with Crippen molar-refractivity contribution in [3.63, 3.8) is 0 Å². The van der Waals surface area contributed by atoms with Gasteiger partial charge in [0.2, 0.25) is 0 Å². The van der Waals surface area contributed by atoms with Crippen LogP contribution in [0.1, 0.15) is 24.2 Å². The number of aromatic nitrogens is 4. The van der Waals surface area contributed by atoms with Crippen molar-refractivity contribution in [2.45, 2.75) is 18.4 Å². The molecule has 5 rings (SSSR count). The van der Waals surface area contributed by atoms with E-state index in [2.05, 4.69) is 30.2 Å². The molecule has 0 aliphatic heterocycles. The molecule has 1 aliphatic carbocycles. The largest absolute Gasteiger partial charge is 0.478 e. The zero-order valence-corrected chi connectivity index (χ0v) is 19.5. The molecule has 0 amide bonds. The Morgan fingerprint density at radius 1 is 1.17 bits per heavy atom. The van der Waals surface area contributed by atoms with Crippen LogP contribution in [0.3, 0.4) is 0 Å². The summed E-state index contributed by atoms with van der Waals surface area (Å²) in [5, 5.41) is 3.85. The number of aliphatic imine (C=N–C) groups is 1. The topological polar surface area (TPSA) is 111 Å².